The highest BCUT2D eigenvalue weighted by Crippen LogP contribution is 2.31. The molecule has 1 saturated heterocycles. The van der Waals surface area contributed by atoms with E-state index in [2.05, 4.69) is 11.8 Å². The van der Waals surface area contributed by atoms with Gasteiger partial charge in [0.15, 0.2) is 5.56 Å². The zero-order chi connectivity index (χ0) is 14.1. The van der Waals surface area contributed by atoms with Crippen LogP contribution in [0.1, 0.15) is 30.9 Å². The maximum Gasteiger partial charge on any atom is 0.356 e. The molecule has 2 aromatic rings. The van der Waals surface area contributed by atoms with Crippen LogP contribution in [-0.2, 0) is 6.42 Å². The van der Waals surface area contributed by atoms with Crippen LogP contribution in [0.5, 0.6) is 0 Å². The van der Waals surface area contributed by atoms with Gasteiger partial charge in [-0.3, -0.25) is 0 Å². The Labute approximate surface area is 117 Å². The minimum absolute atomic E-state index is 0.132. The predicted octanol–water partition coefficient (Wildman–Crippen LogP) is 2.83. The summed E-state index contributed by atoms with van der Waals surface area (Å²) in [5.74, 6) is 0. The molecular formula is C16H16N2O2. The lowest BCUT2D eigenvalue weighted by Crippen LogP contribution is -2.22. The van der Waals surface area contributed by atoms with Crippen molar-refractivity contribution >= 4 is 16.7 Å². The molecule has 4 heteroatoms. The largest absolute Gasteiger partial charge is 0.422 e. The van der Waals surface area contributed by atoms with Gasteiger partial charge >= 0.3 is 5.63 Å². The monoisotopic (exact) mass is 268 g/mol. The van der Waals surface area contributed by atoms with Gasteiger partial charge in [-0.2, -0.15) is 5.26 Å². The third kappa shape index (κ3) is 1.96. The standard InChI is InChI=1S/C16H16N2O2/c1-2-11-5-6-14-12(9-11)15(18-7-3-4-8-18)13(10-17)16(19)20-14/h5-6,9H,2-4,7-8H2,1H3. The number of hydrogen-bond donors (Lipinski definition) is 0. The van der Waals surface area contributed by atoms with E-state index in [0.29, 0.717) is 5.58 Å². The van der Waals surface area contributed by atoms with E-state index in [0.717, 1.165) is 43.4 Å². The van der Waals surface area contributed by atoms with E-state index >= 15 is 0 Å². The van der Waals surface area contributed by atoms with Gasteiger partial charge in [-0.05, 0) is 37.0 Å². The van der Waals surface area contributed by atoms with Crippen molar-refractivity contribution in [3.63, 3.8) is 0 Å². The van der Waals surface area contributed by atoms with Crippen LogP contribution in [0.25, 0.3) is 11.0 Å². The fourth-order valence-electron chi connectivity index (χ4n) is 2.82. The number of anilines is 1. The average molecular weight is 268 g/mol. The molecule has 1 aliphatic rings. The molecule has 0 atom stereocenters. The quantitative estimate of drug-likeness (QED) is 0.786. The number of nitriles is 1. The van der Waals surface area contributed by atoms with E-state index in [9.17, 15) is 10.1 Å². The summed E-state index contributed by atoms with van der Waals surface area (Å²) >= 11 is 0. The number of fused-ring (bicyclic) bond motifs is 1. The normalized spacial score (nSPS) is 14.7. The Balaban J connectivity index is 2.36. The van der Waals surface area contributed by atoms with Gasteiger partial charge in [0.25, 0.3) is 0 Å². The molecule has 1 aliphatic heterocycles. The van der Waals surface area contributed by atoms with Crippen LogP contribution in [0.3, 0.4) is 0 Å². The van der Waals surface area contributed by atoms with Crippen molar-refractivity contribution in [2.24, 2.45) is 0 Å². The number of nitrogens with zero attached hydrogens (tertiary/aromatic N) is 2. The fourth-order valence-corrected chi connectivity index (χ4v) is 2.82. The summed E-state index contributed by atoms with van der Waals surface area (Å²) in [6.45, 7) is 3.87. The van der Waals surface area contributed by atoms with E-state index in [-0.39, 0.29) is 5.56 Å². The lowest BCUT2D eigenvalue weighted by molar-refractivity contribution is 0.558. The van der Waals surface area contributed by atoms with Gasteiger partial charge in [-0.25, -0.2) is 4.79 Å². The van der Waals surface area contributed by atoms with Gasteiger partial charge in [0.2, 0.25) is 0 Å². The summed E-state index contributed by atoms with van der Waals surface area (Å²) < 4.78 is 5.28. The summed E-state index contributed by atoms with van der Waals surface area (Å²) in [6.07, 6.45) is 3.11. The van der Waals surface area contributed by atoms with Crippen molar-refractivity contribution < 1.29 is 4.42 Å². The van der Waals surface area contributed by atoms with Crippen molar-refractivity contribution in [2.45, 2.75) is 26.2 Å². The summed E-state index contributed by atoms with van der Waals surface area (Å²) in [5, 5.41) is 10.2. The Hall–Kier alpha value is -2.28. The Morgan fingerprint density at radius 1 is 1.35 bits per heavy atom. The molecule has 0 spiro atoms. The van der Waals surface area contributed by atoms with Gasteiger partial charge in [-0.1, -0.05) is 13.0 Å². The number of aryl methyl sites for hydroxylation is 1. The molecule has 0 saturated carbocycles. The second-order valence-corrected chi connectivity index (χ2v) is 5.10. The van der Waals surface area contributed by atoms with E-state index in [1.165, 1.54) is 5.56 Å². The fraction of sp³-hybridized carbons (Fsp3) is 0.375. The SMILES string of the molecule is CCc1ccc2oc(=O)c(C#N)c(N3CCCC3)c2c1. The molecular weight excluding hydrogens is 252 g/mol. The summed E-state index contributed by atoms with van der Waals surface area (Å²) in [5.41, 5.74) is 2.09. The Morgan fingerprint density at radius 2 is 2.10 bits per heavy atom. The minimum atomic E-state index is -0.536. The third-order valence-electron chi connectivity index (χ3n) is 3.89. The highest BCUT2D eigenvalue weighted by molar-refractivity contribution is 5.93. The van der Waals surface area contributed by atoms with E-state index in [1.807, 2.05) is 24.3 Å². The van der Waals surface area contributed by atoms with E-state index in [4.69, 9.17) is 4.42 Å². The molecule has 0 unspecified atom stereocenters. The van der Waals surface area contributed by atoms with Crippen LogP contribution in [-0.4, -0.2) is 13.1 Å². The molecule has 0 N–H and O–H groups in total. The molecule has 1 fully saturated rings. The van der Waals surface area contributed by atoms with Gasteiger partial charge in [0, 0.05) is 18.5 Å². The minimum Gasteiger partial charge on any atom is -0.422 e. The maximum atomic E-state index is 12.0. The Bertz CT molecular complexity index is 749. The van der Waals surface area contributed by atoms with Crippen LogP contribution in [0.2, 0.25) is 0 Å². The average Bonchev–Trinajstić information content (AvgIpc) is 2.99. The van der Waals surface area contributed by atoms with Crippen molar-refractivity contribution in [3.8, 4) is 6.07 Å². The van der Waals surface area contributed by atoms with Crippen molar-refractivity contribution in [1.82, 2.24) is 0 Å². The van der Waals surface area contributed by atoms with Gasteiger partial charge in [0.05, 0.1) is 5.69 Å². The second-order valence-electron chi connectivity index (χ2n) is 5.10. The van der Waals surface area contributed by atoms with Gasteiger partial charge in [0.1, 0.15) is 11.7 Å². The molecule has 2 heterocycles. The van der Waals surface area contributed by atoms with Crippen molar-refractivity contribution in [2.75, 3.05) is 18.0 Å². The molecule has 0 aliphatic carbocycles. The first-order valence-electron chi connectivity index (χ1n) is 6.99. The second kappa shape index (κ2) is 5.01. The van der Waals surface area contributed by atoms with Crippen LogP contribution >= 0.6 is 0 Å². The van der Waals surface area contributed by atoms with E-state index in [1.54, 1.807) is 0 Å². The lowest BCUT2D eigenvalue weighted by Gasteiger charge is -2.20. The zero-order valence-corrected chi connectivity index (χ0v) is 11.5. The predicted molar refractivity (Wildman–Crippen MR) is 78.0 cm³/mol. The molecule has 20 heavy (non-hydrogen) atoms. The summed E-state index contributed by atoms with van der Waals surface area (Å²) in [7, 11) is 0. The number of rotatable bonds is 2. The third-order valence-corrected chi connectivity index (χ3v) is 3.89. The zero-order valence-electron chi connectivity index (χ0n) is 11.5. The molecule has 1 aromatic carbocycles. The molecule has 3 rings (SSSR count). The molecule has 0 amide bonds. The van der Waals surface area contributed by atoms with E-state index < -0.39 is 5.63 Å². The first kappa shape index (κ1) is 12.7. The molecule has 4 nitrogen and oxygen atoms in total. The van der Waals surface area contributed by atoms with Crippen LogP contribution < -0.4 is 10.5 Å². The van der Waals surface area contributed by atoms with Crippen LogP contribution in [0.15, 0.2) is 27.4 Å². The highest BCUT2D eigenvalue weighted by Gasteiger charge is 2.22. The Kier molecular flexibility index (Phi) is 3.19. The summed E-state index contributed by atoms with van der Waals surface area (Å²) in [6, 6.07) is 7.85. The molecule has 102 valence electrons. The van der Waals surface area contributed by atoms with Crippen LogP contribution in [0.4, 0.5) is 5.69 Å². The lowest BCUT2D eigenvalue weighted by atomic mass is 10.1. The molecule has 1 aromatic heterocycles. The smallest absolute Gasteiger partial charge is 0.356 e. The maximum absolute atomic E-state index is 12.0. The first-order chi connectivity index (χ1) is 9.74. The highest BCUT2D eigenvalue weighted by atomic mass is 16.4. The van der Waals surface area contributed by atoms with Crippen LogP contribution in [0, 0.1) is 11.3 Å². The number of benzene rings is 1. The molecule has 0 bridgehead atoms. The molecule has 0 radical (unpaired) electrons. The van der Waals surface area contributed by atoms with Gasteiger partial charge < -0.3 is 9.32 Å². The van der Waals surface area contributed by atoms with Gasteiger partial charge in [-0.15, -0.1) is 0 Å². The Morgan fingerprint density at radius 3 is 2.75 bits per heavy atom. The first-order valence-corrected chi connectivity index (χ1v) is 6.99. The summed E-state index contributed by atoms with van der Waals surface area (Å²) in [4.78, 5) is 14.1. The topological polar surface area (TPSA) is 57.2 Å². The number of hydrogen-bond acceptors (Lipinski definition) is 4. The van der Waals surface area contributed by atoms with Crippen molar-refractivity contribution in [1.29, 1.82) is 5.26 Å². The van der Waals surface area contributed by atoms with Crippen molar-refractivity contribution in [3.05, 3.63) is 39.7 Å².